The highest BCUT2D eigenvalue weighted by atomic mass is 19.1. The third-order valence-corrected chi connectivity index (χ3v) is 3.29. The van der Waals surface area contributed by atoms with Gasteiger partial charge in [0.2, 0.25) is 5.95 Å². The second kappa shape index (κ2) is 4.09. The normalized spacial score (nSPS) is 18.6. The topological polar surface area (TPSA) is 21.6 Å². The minimum Gasteiger partial charge on any atom is -0.489 e. The Hall–Kier alpha value is -1.90. The van der Waals surface area contributed by atoms with Gasteiger partial charge in [0, 0.05) is 18.4 Å². The number of rotatable bonds is 1. The molecule has 3 heteroatoms. The van der Waals surface area contributed by atoms with Crippen molar-refractivity contribution in [2.75, 3.05) is 6.61 Å². The second-order valence-electron chi connectivity index (χ2n) is 4.84. The van der Waals surface area contributed by atoms with Gasteiger partial charge in [0.15, 0.2) is 0 Å². The largest absolute Gasteiger partial charge is 0.489 e. The monoisotopic (exact) mass is 243 g/mol. The van der Waals surface area contributed by atoms with E-state index in [1.165, 1.54) is 0 Å². The molecule has 0 aromatic heterocycles. The maximum absolute atomic E-state index is 13.3. The third kappa shape index (κ3) is 1.86. The summed E-state index contributed by atoms with van der Waals surface area (Å²) in [6.45, 7) is 6.26. The van der Waals surface area contributed by atoms with E-state index in [0.717, 1.165) is 34.6 Å². The number of halogens is 1. The van der Waals surface area contributed by atoms with Crippen molar-refractivity contribution in [1.29, 1.82) is 0 Å². The molecule has 1 aromatic rings. The number of ether oxygens (including phenoxy) is 1. The van der Waals surface area contributed by atoms with Crippen LogP contribution < -0.4 is 4.74 Å². The van der Waals surface area contributed by atoms with Crippen LogP contribution in [0.5, 0.6) is 5.75 Å². The Morgan fingerprint density at radius 3 is 2.89 bits per heavy atom. The molecule has 3 rings (SSSR count). The summed E-state index contributed by atoms with van der Waals surface area (Å²) in [6.07, 6.45) is 1.44. The van der Waals surface area contributed by atoms with Crippen LogP contribution in [0.25, 0.3) is 0 Å². The van der Waals surface area contributed by atoms with Gasteiger partial charge in [-0.15, -0.1) is 0 Å². The van der Waals surface area contributed by atoms with Gasteiger partial charge in [0.1, 0.15) is 12.4 Å². The van der Waals surface area contributed by atoms with Gasteiger partial charge in [0.05, 0.1) is 5.71 Å². The van der Waals surface area contributed by atoms with Crippen molar-refractivity contribution in [2.45, 2.75) is 19.8 Å². The molecule has 0 saturated heterocycles. The maximum Gasteiger partial charge on any atom is 0.212 e. The van der Waals surface area contributed by atoms with Crippen molar-refractivity contribution in [3.8, 4) is 5.75 Å². The lowest BCUT2D eigenvalue weighted by atomic mass is 9.98. The molecule has 0 bridgehead atoms. The highest BCUT2D eigenvalue weighted by Gasteiger charge is 2.19. The summed E-state index contributed by atoms with van der Waals surface area (Å²) in [5.41, 5.74) is 4.63. The van der Waals surface area contributed by atoms with Gasteiger partial charge in [-0.25, -0.2) is 4.99 Å². The zero-order valence-electron chi connectivity index (χ0n) is 10.3. The van der Waals surface area contributed by atoms with E-state index >= 15 is 0 Å². The molecule has 92 valence electrons. The van der Waals surface area contributed by atoms with Crippen LogP contribution in [0.3, 0.4) is 0 Å². The van der Waals surface area contributed by atoms with E-state index in [9.17, 15) is 4.39 Å². The second-order valence-corrected chi connectivity index (χ2v) is 4.84. The van der Waals surface area contributed by atoms with Crippen LogP contribution in [0.2, 0.25) is 0 Å². The molecule has 18 heavy (non-hydrogen) atoms. The summed E-state index contributed by atoms with van der Waals surface area (Å²) in [5, 5.41) is 0. The van der Waals surface area contributed by atoms with E-state index in [1.807, 2.05) is 18.2 Å². The Bertz CT molecular complexity index is 599. The summed E-state index contributed by atoms with van der Waals surface area (Å²) >= 11 is 0. The molecular weight excluding hydrogens is 229 g/mol. The fourth-order valence-electron chi connectivity index (χ4n) is 2.26. The molecule has 2 aliphatic rings. The van der Waals surface area contributed by atoms with Gasteiger partial charge in [-0.2, -0.15) is 4.39 Å². The fourth-order valence-corrected chi connectivity index (χ4v) is 2.26. The lowest BCUT2D eigenvalue weighted by Gasteiger charge is -2.19. The maximum atomic E-state index is 13.3. The molecule has 2 aliphatic heterocycles. The number of hydrogen-bond donors (Lipinski definition) is 0. The molecule has 0 fully saturated rings. The Labute approximate surface area is 105 Å². The predicted molar refractivity (Wildman–Crippen MR) is 69.7 cm³/mol. The Morgan fingerprint density at radius 1 is 1.33 bits per heavy atom. The first-order valence-electron chi connectivity index (χ1n) is 5.99. The predicted octanol–water partition coefficient (Wildman–Crippen LogP) is 3.57. The first-order valence-corrected chi connectivity index (χ1v) is 5.99. The number of hydrogen-bond acceptors (Lipinski definition) is 2. The van der Waals surface area contributed by atoms with E-state index in [4.69, 9.17) is 4.74 Å². The summed E-state index contributed by atoms with van der Waals surface area (Å²) in [5.74, 6) is 0.518. The highest BCUT2D eigenvalue weighted by molar-refractivity contribution is 6.04. The van der Waals surface area contributed by atoms with Gasteiger partial charge in [-0.3, -0.25) is 0 Å². The number of nitrogens with zero attached hydrogens (tertiary/aromatic N) is 1. The minimum absolute atomic E-state index is 0.350. The molecule has 1 aromatic carbocycles. The zero-order valence-corrected chi connectivity index (χ0v) is 10.3. The van der Waals surface area contributed by atoms with E-state index < -0.39 is 0 Å². The SMILES string of the molecule is C=C1COc2cc(C3=NC(F)=C(C)C3)ccc2C1. The van der Waals surface area contributed by atoms with Crippen molar-refractivity contribution in [3.63, 3.8) is 0 Å². The van der Waals surface area contributed by atoms with Crippen molar-refractivity contribution in [2.24, 2.45) is 4.99 Å². The summed E-state index contributed by atoms with van der Waals surface area (Å²) in [4.78, 5) is 3.96. The molecule has 2 heterocycles. The van der Waals surface area contributed by atoms with E-state index in [-0.39, 0.29) is 5.95 Å². The molecule has 0 atom stereocenters. The molecule has 0 N–H and O–H groups in total. The van der Waals surface area contributed by atoms with Gasteiger partial charge in [0.25, 0.3) is 0 Å². The Kier molecular flexibility index (Phi) is 2.54. The van der Waals surface area contributed by atoms with Crippen molar-refractivity contribution < 1.29 is 9.13 Å². The van der Waals surface area contributed by atoms with E-state index in [1.54, 1.807) is 6.92 Å². The van der Waals surface area contributed by atoms with E-state index in [0.29, 0.717) is 18.6 Å². The van der Waals surface area contributed by atoms with E-state index in [2.05, 4.69) is 11.6 Å². The van der Waals surface area contributed by atoms with Crippen molar-refractivity contribution in [3.05, 3.63) is 53.0 Å². The summed E-state index contributed by atoms with van der Waals surface area (Å²) in [6, 6.07) is 5.95. The molecular formula is C15H14FNO. The third-order valence-electron chi connectivity index (χ3n) is 3.29. The fraction of sp³-hybridized carbons (Fsp3) is 0.267. The van der Waals surface area contributed by atoms with Gasteiger partial charge in [-0.05, 0) is 29.7 Å². The van der Waals surface area contributed by atoms with Crippen LogP contribution in [0, 0.1) is 0 Å². The van der Waals surface area contributed by atoms with Crippen LogP contribution in [0.15, 0.2) is 46.9 Å². The summed E-state index contributed by atoms with van der Waals surface area (Å²) < 4.78 is 18.9. The number of allylic oxidation sites excluding steroid dienone is 1. The first-order chi connectivity index (χ1) is 8.63. The lowest BCUT2D eigenvalue weighted by molar-refractivity contribution is 0.332. The lowest BCUT2D eigenvalue weighted by Crippen LogP contribution is -2.12. The molecule has 0 radical (unpaired) electrons. The van der Waals surface area contributed by atoms with Crippen LogP contribution >= 0.6 is 0 Å². The van der Waals surface area contributed by atoms with Crippen LogP contribution in [0.4, 0.5) is 4.39 Å². The molecule has 0 amide bonds. The minimum atomic E-state index is -0.350. The molecule has 2 nitrogen and oxygen atoms in total. The summed E-state index contributed by atoms with van der Waals surface area (Å²) in [7, 11) is 0. The van der Waals surface area contributed by atoms with Crippen LogP contribution in [0.1, 0.15) is 24.5 Å². The first kappa shape index (κ1) is 11.2. The Morgan fingerprint density at radius 2 is 2.17 bits per heavy atom. The number of aliphatic imine (C=N–C) groups is 1. The average molecular weight is 243 g/mol. The molecule has 0 saturated carbocycles. The standard InChI is InChI=1S/C15H14FNO/c1-9-5-12-4-3-11(7-14(12)18-8-9)13-6-10(2)15(16)17-13/h3-4,7H,1,5-6,8H2,2H3. The quantitative estimate of drug-likeness (QED) is 0.546. The number of fused-ring (bicyclic) bond motifs is 1. The zero-order chi connectivity index (χ0) is 12.7. The van der Waals surface area contributed by atoms with Gasteiger partial charge >= 0.3 is 0 Å². The Balaban J connectivity index is 1.93. The highest BCUT2D eigenvalue weighted by Crippen LogP contribution is 2.30. The van der Waals surface area contributed by atoms with Gasteiger partial charge < -0.3 is 4.74 Å². The van der Waals surface area contributed by atoms with Crippen LogP contribution in [-0.2, 0) is 6.42 Å². The van der Waals surface area contributed by atoms with Gasteiger partial charge in [-0.1, -0.05) is 18.7 Å². The average Bonchev–Trinajstić information content (AvgIpc) is 2.69. The van der Waals surface area contributed by atoms with Crippen molar-refractivity contribution in [1.82, 2.24) is 0 Å². The molecule has 0 unspecified atom stereocenters. The molecule has 0 aliphatic carbocycles. The smallest absolute Gasteiger partial charge is 0.212 e. The molecule has 0 spiro atoms. The van der Waals surface area contributed by atoms with Crippen LogP contribution in [-0.4, -0.2) is 12.3 Å². The van der Waals surface area contributed by atoms with Crippen molar-refractivity contribution >= 4 is 5.71 Å². The number of benzene rings is 1.